The second-order valence-corrected chi connectivity index (χ2v) is 17.1. The van der Waals surface area contributed by atoms with Crippen LogP contribution in [0.15, 0.2) is 24.3 Å². The Morgan fingerprint density at radius 1 is 0.583 bits per heavy atom. The van der Waals surface area contributed by atoms with Crippen molar-refractivity contribution in [2.24, 2.45) is 11.8 Å². The van der Waals surface area contributed by atoms with E-state index in [1.165, 1.54) is 77.0 Å². The van der Waals surface area contributed by atoms with E-state index in [2.05, 4.69) is 57.0 Å². The highest BCUT2D eigenvalue weighted by Gasteiger charge is 2.22. The lowest BCUT2D eigenvalue weighted by molar-refractivity contribution is -0.161. The summed E-state index contributed by atoms with van der Waals surface area (Å²) in [5, 5.41) is 0. The van der Waals surface area contributed by atoms with E-state index in [1.807, 2.05) is 0 Å². The number of carbonyl (C=O) groups is 3. The summed E-state index contributed by atoms with van der Waals surface area (Å²) in [6, 6.07) is 0. The molecule has 1 saturated heterocycles. The van der Waals surface area contributed by atoms with Crippen LogP contribution in [-0.2, 0) is 38.0 Å². The Morgan fingerprint density at radius 3 is 1.68 bits per heavy atom. The van der Waals surface area contributed by atoms with E-state index in [-0.39, 0.29) is 38.1 Å². The van der Waals surface area contributed by atoms with Gasteiger partial charge in [0.1, 0.15) is 19.8 Å². The summed E-state index contributed by atoms with van der Waals surface area (Å²) >= 11 is 0. The highest BCUT2D eigenvalue weighted by molar-refractivity contribution is 5.69. The topological polar surface area (TPSA) is 110 Å². The van der Waals surface area contributed by atoms with Crippen molar-refractivity contribution in [2.45, 2.75) is 207 Å². The van der Waals surface area contributed by atoms with Crippen LogP contribution in [0.1, 0.15) is 201 Å². The number of carbonyl (C=O) groups excluding carboxylic acids is 3. The predicted octanol–water partition coefficient (Wildman–Crippen LogP) is 12.9. The zero-order valence-corrected chi connectivity index (χ0v) is 39.1. The van der Waals surface area contributed by atoms with Gasteiger partial charge >= 0.3 is 18.1 Å². The summed E-state index contributed by atoms with van der Waals surface area (Å²) in [5.41, 5.74) is 0. The summed E-state index contributed by atoms with van der Waals surface area (Å²) < 4.78 is 34.3. The molecule has 0 aromatic heterocycles. The van der Waals surface area contributed by atoms with Crippen LogP contribution < -0.4 is 0 Å². The van der Waals surface area contributed by atoms with Crippen LogP contribution in [0, 0.1) is 11.8 Å². The van der Waals surface area contributed by atoms with E-state index in [4.69, 9.17) is 28.4 Å². The monoisotopic (exact) mass is 850 g/mol. The summed E-state index contributed by atoms with van der Waals surface area (Å²) in [6.07, 6.45) is 37.1. The molecule has 0 bridgehead atoms. The molecule has 2 atom stereocenters. The smallest absolute Gasteiger partial charge is 0.465 e. The first-order valence-corrected chi connectivity index (χ1v) is 24.7. The molecule has 1 aliphatic heterocycles. The third kappa shape index (κ3) is 36.2. The van der Waals surface area contributed by atoms with Crippen molar-refractivity contribution >= 4 is 18.1 Å². The van der Waals surface area contributed by atoms with Gasteiger partial charge in [-0.05, 0) is 77.8 Å². The van der Waals surface area contributed by atoms with E-state index in [9.17, 15) is 14.4 Å². The lowest BCUT2D eigenvalue weighted by Gasteiger charge is -2.29. The SMILES string of the molecule is CCCCC/C=C\C/C=C\CCCCCCCC(=O)OCC(COC(=O)CCC(OCCCCCCCC)OCCCCCCCC)COC(=O)OCC1CCCN(C)C1. The molecule has 0 aromatic rings. The number of nitrogens with zero attached hydrogens (tertiary/aromatic N) is 1. The number of hydrogen-bond donors (Lipinski definition) is 0. The largest absolute Gasteiger partial charge is 0.508 e. The maximum absolute atomic E-state index is 13.0. The van der Waals surface area contributed by atoms with Gasteiger partial charge in [-0.3, -0.25) is 9.59 Å². The minimum absolute atomic E-state index is 0.0154. The second-order valence-electron chi connectivity index (χ2n) is 17.1. The standard InChI is InChI=1S/C50H91NO9/c1-5-8-11-14-17-18-19-20-21-22-23-24-25-26-29-34-47(52)57-42-46(44-60-50(54)59-41-45-33-32-37-51(4)40-45)43-58-48(53)35-36-49(55-38-30-27-15-12-9-6-2)56-39-31-28-16-13-10-7-3/h17-18,20-21,45-46,49H,5-16,19,22-44H2,1-4H3/b18-17-,21-20-. The Hall–Kier alpha value is -2.43. The molecule has 1 rings (SSSR count). The first-order chi connectivity index (χ1) is 29.4. The Bertz CT molecular complexity index is 1050. The number of ether oxygens (including phenoxy) is 6. The average Bonchev–Trinajstić information content (AvgIpc) is 3.24. The molecule has 0 aliphatic carbocycles. The second kappa shape index (κ2) is 41.9. The van der Waals surface area contributed by atoms with E-state index < -0.39 is 24.3 Å². The third-order valence-corrected chi connectivity index (χ3v) is 11.1. The van der Waals surface area contributed by atoms with Crippen LogP contribution in [-0.4, -0.2) is 89.1 Å². The van der Waals surface area contributed by atoms with Crippen molar-refractivity contribution in [3.8, 4) is 0 Å². The molecule has 1 fully saturated rings. The molecule has 2 unspecified atom stereocenters. The van der Waals surface area contributed by atoms with E-state index in [0.29, 0.717) is 32.7 Å². The van der Waals surface area contributed by atoms with Gasteiger partial charge in [0.15, 0.2) is 6.29 Å². The number of rotatable bonds is 41. The normalized spacial score (nSPS) is 15.2. The Labute approximate surface area is 367 Å². The summed E-state index contributed by atoms with van der Waals surface area (Å²) in [6.45, 7) is 9.97. The average molecular weight is 850 g/mol. The maximum Gasteiger partial charge on any atom is 0.508 e. The third-order valence-electron chi connectivity index (χ3n) is 11.1. The number of likely N-dealkylation sites (tertiary alicyclic amines) is 1. The van der Waals surface area contributed by atoms with Crippen LogP contribution in [0.25, 0.3) is 0 Å². The highest BCUT2D eigenvalue weighted by Crippen LogP contribution is 2.17. The molecule has 1 heterocycles. The lowest BCUT2D eigenvalue weighted by atomic mass is 10.00. The van der Waals surface area contributed by atoms with Crippen LogP contribution >= 0.6 is 0 Å². The fraction of sp³-hybridized carbons (Fsp3) is 0.860. The Balaban J connectivity index is 2.52. The van der Waals surface area contributed by atoms with Crippen LogP contribution in [0.4, 0.5) is 4.79 Å². The number of piperidine rings is 1. The van der Waals surface area contributed by atoms with Crippen LogP contribution in [0.3, 0.4) is 0 Å². The van der Waals surface area contributed by atoms with Crippen molar-refractivity contribution in [1.29, 1.82) is 0 Å². The number of allylic oxidation sites excluding steroid dienone is 4. The maximum atomic E-state index is 13.0. The van der Waals surface area contributed by atoms with Gasteiger partial charge in [-0.1, -0.05) is 141 Å². The summed E-state index contributed by atoms with van der Waals surface area (Å²) in [7, 11) is 2.07. The van der Waals surface area contributed by atoms with E-state index in [1.54, 1.807) is 0 Å². The molecule has 10 heteroatoms. The zero-order valence-electron chi connectivity index (χ0n) is 39.1. The van der Waals surface area contributed by atoms with Crippen LogP contribution in [0.5, 0.6) is 0 Å². The van der Waals surface area contributed by atoms with Gasteiger partial charge in [0, 0.05) is 38.5 Å². The minimum Gasteiger partial charge on any atom is -0.465 e. The molecule has 0 aromatic carbocycles. The van der Waals surface area contributed by atoms with Gasteiger partial charge in [0.05, 0.1) is 18.9 Å². The molecular weight excluding hydrogens is 759 g/mol. The molecule has 350 valence electrons. The predicted molar refractivity (Wildman–Crippen MR) is 244 cm³/mol. The molecule has 60 heavy (non-hydrogen) atoms. The molecule has 10 nitrogen and oxygen atoms in total. The zero-order chi connectivity index (χ0) is 43.6. The Kier molecular flexibility index (Phi) is 38.8. The molecule has 0 radical (unpaired) electrons. The van der Waals surface area contributed by atoms with E-state index >= 15 is 0 Å². The van der Waals surface area contributed by atoms with Crippen molar-refractivity contribution in [1.82, 2.24) is 4.90 Å². The van der Waals surface area contributed by atoms with Crippen molar-refractivity contribution in [3.63, 3.8) is 0 Å². The number of unbranched alkanes of at least 4 members (excludes halogenated alkanes) is 18. The fourth-order valence-corrected chi connectivity index (χ4v) is 7.26. The molecule has 0 N–H and O–H groups in total. The van der Waals surface area contributed by atoms with Gasteiger partial charge in [0.25, 0.3) is 0 Å². The van der Waals surface area contributed by atoms with Crippen molar-refractivity contribution < 1.29 is 42.8 Å². The van der Waals surface area contributed by atoms with E-state index in [0.717, 1.165) is 96.6 Å². The molecule has 0 spiro atoms. The molecule has 1 aliphatic rings. The number of esters is 2. The van der Waals surface area contributed by atoms with Gasteiger partial charge in [-0.2, -0.15) is 0 Å². The molecule has 0 amide bonds. The molecule has 0 saturated carbocycles. The summed E-state index contributed by atoms with van der Waals surface area (Å²) in [4.78, 5) is 40.4. The van der Waals surface area contributed by atoms with Crippen molar-refractivity contribution in [2.75, 3.05) is 59.8 Å². The first kappa shape index (κ1) is 55.6. The summed E-state index contributed by atoms with van der Waals surface area (Å²) in [5.74, 6) is -0.929. The van der Waals surface area contributed by atoms with Gasteiger partial charge in [0.2, 0.25) is 0 Å². The lowest BCUT2D eigenvalue weighted by Crippen LogP contribution is -2.35. The fourth-order valence-electron chi connectivity index (χ4n) is 7.26. The van der Waals surface area contributed by atoms with Crippen molar-refractivity contribution in [3.05, 3.63) is 24.3 Å². The quantitative estimate of drug-likeness (QED) is 0.0194. The van der Waals surface area contributed by atoms with Gasteiger partial charge < -0.3 is 33.3 Å². The van der Waals surface area contributed by atoms with Gasteiger partial charge in [-0.25, -0.2) is 4.79 Å². The first-order valence-electron chi connectivity index (χ1n) is 24.7. The highest BCUT2D eigenvalue weighted by atomic mass is 16.7. The minimum atomic E-state index is -0.760. The molecular formula is C50H91NO9. The van der Waals surface area contributed by atoms with Crippen LogP contribution in [0.2, 0.25) is 0 Å². The van der Waals surface area contributed by atoms with Gasteiger partial charge in [-0.15, -0.1) is 0 Å². The Morgan fingerprint density at radius 2 is 1.08 bits per heavy atom. The number of hydrogen-bond acceptors (Lipinski definition) is 10.